The van der Waals surface area contributed by atoms with Gasteiger partial charge in [-0.1, -0.05) is 11.6 Å². The molecule has 6 heteroatoms. The summed E-state index contributed by atoms with van der Waals surface area (Å²) in [5, 5.41) is 11.3. The Hall–Kier alpha value is -0.910. The second kappa shape index (κ2) is 6.74. The number of thiophene rings is 1. The summed E-state index contributed by atoms with van der Waals surface area (Å²) in [5.41, 5.74) is 0. The van der Waals surface area contributed by atoms with Crippen molar-refractivity contribution in [1.29, 1.82) is 0 Å². The average Bonchev–Trinajstić information content (AvgIpc) is 2.72. The molecular weight excluding hydrogens is 262 g/mol. The molecule has 1 aromatic rings. The lowest BCUT2D eigenvalue weighted by molar-refractivity contribution is -0.121. The van der Waals surface area contributed by atoms with Crippen molar-refractivity contribution in [1.82, 2.24) is 5.32 Å². The highest BCUT2D eigenvalue weighted by Gasteiger charge is 2.12. The van der Waals surface area contributed by atoms with E-state index in [2.05, 4.69) is 5.32 Å². The zero-order valence-corrected chi connectivity index (χ0v) is 11.0. The fourth-order valence-electron chi connectivity index (χ4n) is 1.21. The number of nitrogens with one attached hydrogen (secondary N) is 1. The molecule has 2 N–H and O–H groups in total. The van der Waals surface area contributed by atoms with Gasteiger partial charge in [0.05, 0.1) is 15.8 Å². The molecule has 0 fully saturated rings. The first-order valence-electron chi connectivity index (χ1n) is 5.21. The fourth-order valence-corrected chi connectivity index (χ4v) is 2.22. The van der Waals surface area contributed by atoms with Crippen LogP contribution in [0.25, 0.3) is 0 Å². The summed E-state index contributed by atoms with van der Waals surface area (Å²) in [6.07, 6.45) is 0.277. The van der Waals surface area contributed by atoms with E-state index in [1.807, 2.05) is 0 Å². The molecule has 1 aromatic heterocycles. The first kappa shape index (κ1) is 14.2. The van der Waals surface area contributed by atoms with Crippen LogP contribution >= 0.6 is 22.9 Å². The molecule has 1 rings (SSSR count). The van der Waals surface area contributed by atoms with Crippen molar-refractivity contribution in [3.63, 3.8) is 0 Å². The number of hydrogen-bond acceptors (Lipinski definition) is 4. The Bertz CT molecular complexity index is 405. The molecule has 0 saturated carbocycles. The molecule has 94 valence electrons. The minimum absolute atomic E-state index is 0.0892. The number of carbonyl (C=O) groups excluding carboxylic acids is 2. The Morgan fingerprint density at radius 1 is 1.47 bits per heavy atom. The van der Waals surface area contributed by atoms with E-state index in [1.54, 1.807) is 19.1 Å². The molecule has 17 heavy (non-hydrogen) atoms. The van der Waals surface area contributed by atoms with Crippen molar-refractivity contribution in [2.24, 2.45) is 0 Å². The van der Waals surface area contributed by atoms with Gasteiger partial charge in [-0.05, 0) is 19.1 Å². The van der Waals surface area contributed by atoms with Gasteiger partial charge in [0.1, 0.15) is 0 Å². The third-order valence-electron chi connectivity index (χ3n) is 2.11. The van der Waals surface area contributed by atoms with Crippen LogP contribution in [-0.2, 0) is 4.79 Å². The topological polar surface area (TPSA) is 66.4 Å². The number of aliphatic hydroxyl groups is 1. The highest BCUT2D eigenvalue weighted by molar-refractivity contribution is 7.18. The monoisotopic (exact) mass is 275 g/mol. The number of aliphatic hydroxyl groups excluding tert-OH is 1. The number of ketones is 1. The minimum atomic E-state index is -0.284. The molecule has 0 aliphatic rings. The lowest BCUT2D eigenvalue weighted by Gasteiger charge is -2.09. The molecule has 0 spiro atoms. The van der Waals surface area contributed by atoms with Gasteiger partial charge < -0.3 is 10.4 Å². The lowest BCUT2D eigenvalue weighted by atomic mass is 10.2. The van der Waals surface area contributed by atoms with Crippen LogP contribution in [0.4, 0.5) is 0 Å². The molecule has 0 aliphatic heterocycles. The molecule has 1 amide bonds. The summed E-state index contributed by atoms with van der Waals surface area (Å²) >= 11 is 6.92. The number of Topliss-reactive ketones (excluding diaryl/α,β-unsaturated/α-hetero) is 1. The predicted molar refractivity (Wildman–Crippen MR) is 67.6 cm³/mol. The Kier molecular flexibility index (Phi) is 5.61. The Balaban J connectivity index is 2.36. The van der Waals surface area contributed by atoms with Gasteiger partial charge in [-0.15, -0.1) is 11.3 Å². The number of amides is 1. The normalized spacial score (nSPS) is 12.2. The lowest BCUT2D eigenvalue weighted by Crippen LogP contribution is -2.35. The van der Waals surface area contributed by atoms with Crippen LogP contribution in [0, 0.1) is 0 Å². The summed E-state index contributed by atoms with van der Waals surface area (Å²) in [6, 6.07) is 3.03. The summed E-state index contributed by atoms with van der Waals surface area (Å²) in [7, 11) is 0. The van der Waals surface area contributed by atoms with Crippen LogP contribution in [0.3, 0.4) is 0 Å². The van der Waals surface area contributed by atoms with Crippen LogP contribution in [0.15, 0.2) is 12.1 Å². The molecule has 0 aromatic carbocycles. The molecule has 1 atom stereocenters. The number of rotatable bonds is 6. The van der Waals surface area contributed by atoms with Crippen LogP contribution in [0.1, 0.15) is 29.4 Å². The summed E-state index contributed by atoms with van der Waals surface area (Å²) < 4.78 is 0.562. The number of carbonyl (C=O) groups is 2. The van der Waals surface area contributed by atoms with Gasteiger partial charge in [0.15, 0.2) is 5.78 Å². The van der Waals surface area contributed by atoms with Gasteiger partial charge in [-0.2, -0.15) is 0 Å². The second-order valence-corrected chi connectivity index (χ2v) is 5.39. The van der Waals surface area contributed by atoms with Crippen molar-refractivity contribution in [3.8, 4) is 0 Å². The van der Waals surface area contributed by atoms with Gasteiger partial charge >= 0.3 is 0 Å². The first-order valence-corrected chi connectivity index (χ1v) is 6.41. The number of hydrogen-bond donors (Lipinski definition) is 2. The highest BCUT2D eigenvalue weighted by Crippen LogP contribution is 2.22. The van der Waals surface area contributed by atoms with Gasteiger partial charge in [-0.3, -0.25) is 9.59 Å². The van der Waals surface area contributed by atoms with Gasteiger partial charge in [0.2, 0.25) is 5.91 Å². The standard InChI is InChI=1S/C11H14ClNO3S/c1-7(6-14)13-11(16)5-2-8(15)9-3-4-10(12)17-9/h3-4,7,14H,2,5-6H2,1H3,(H,13,16). The quantitative estimate of drug-likeness (QED) is 0.779. The van der Waals surface area contributed by atoms with Gasteiger partial charge in [0.25, 0.3) is 0 Å². The van der Waals surface area contributed by atoms with E-state index < -0.39 is 0 Å². The van der Waals surface area contributed by atoms with E-state index >= 15 is 0 Å². The van der Waals surface area contributed by atoms with E-state index in [0.717, 1.165) is 0 Å². The van der Waals surface area contributed by atoms with Crippen molar-refractivity contribution in [2.45, 2.75) is 25.8 Å². The maximum Gasteiger partial charge on any atom is 0.220 e. The van der Waals surface area contributed by atoms with Gasteiger partial charge in [-0.25, -0.2) is 0 Å². The number of halogens is 1. The maximum atomic E-state index is 11.6. The van der Waals surface area contributed by atoms with E-state index in [9.17, 15) is 9.59 Å². The summed E-state index contributed by atoms with van der Waals surface area (Å²) in [6.45, 7) is 1.58. The minimum Gasteiger partial charge on any atom is -0.394 e. The van der Waals surface area contributed by atoms with E-state index in [-0.39, 0.29) is 37.2 Å². The molecule has 1 unspecified atom stereocenters. The van der Waals surface area contributed by atoms with Crippen LogP contribution in [0.2, 0.25) is 4.34 Å². The summed E-state index contributed by atoms with van der Waals surface area (Å²) in [5.74, 6) is -0.323. The third kappa shape index (κ3) is 4.85. The van der Waals surface area contributed by atoms with Crippen molar-refractivity contribution in [2.75, 3.05) is 6.61 Å². The van der Waals surface area contributed by atoms with Crippen LogP contribution in [0.5, 0.6) is 0 Å². The molecule has 0 radical (unpaired) electrons. The Morgan fingerprint density at radius 3 is 2.71 bits per heavy atom. The SMILES string of the molecule is CC(CO)NC(=O)CCC(=O)c1ccc(Cl)s1. The molecule has 0 bridgehead atoms. The van der Waals surface area contributed by atoms with Crippen molar-refractivity contribution >= 4 is 34.6 Å². The Labute approximate surface area is 109 Å². The van der Waals surface area contributed by atoms with Gasteiger partial charge in [0, 0.05) is 18.9 Å². The maximum absolute atomic E-state index is 11.6. The predicted octanol–water partition coefficient (Wildman–Crippen LogP) is 1.86. The Morgan fingerprint density at radius 2 is 2.18 bits per heavy atom. The molecule has 1 heterocycles. The van der Waals surface area contributed by atoms with Crippen LogP contribution < -0.4 is 5.32 Å². The average molecular weight is 276 g/mol. The van der Waals surface area contributed by atoms with Crippen molar-refractivity contribution in [3.05, 3.63) is 21.3 Å². The largest absolute Gasteiger partial charge is 0.394 e. The summed E-state index contributed by atoms with van der Waals surface area (Å²) in [4.78, 5) is 23.6. The highest BCUT2D eigenvalue weighted by atomic mass is 35.5. The molecule has 4 nitrogen and oxygen atoms in total. The zero-order chi connectivity index (χ0) is 12.8. The van der Waals surface area contributed by atoms with E-state index in [4.69, 9.17) is 16.7 Å². The second-order valence-electron chi connectivity index (χ2n) is 3.68. The molecule has 0 aliphatic carbocycles. The van der Waals surface area contributed by atoms with Crippen molar-refractivity contribution < 1.29 is 14.7 Å². The molecule has 0 saturated heterocycles. The first-order chi connectivity index (χ1) is 8.02. The van der Waals surface area contributed by atoms with E-state index in [1.165, 1.54) is 11.3 Å². The fraction of sp³-hybridized carbons (Fsp3) is 0.455. The molecular formula is C11H14ClNO3S. The third-order valence-corrected chi connectivity index (χ3v) is 3.38. The van der Waals surface area contributed by atoms with E-state index in [0.29, 0.717) is 9.21 Å². The smallest absolute Gasteiger partial charge is 0.220 e. The van der Waals surface area contributed by atoms with Crippen LogP contribution in [-0.4, -0.2) is 29.4 Å². The zero-order valence-electron chi connectivity index (χ0n) is 9.40.